The van der Waals surface area contributed by atoms with E-state index in [1.165, 1.54) is 24.0 Å². The predicted molar refractivity (Wildman–Crippen MR) is 98.6 cm³/mol. The molecule has 1 heterocycles. The molecule has 1 aliphatic rings. The van der Waals surface area contributed by atoms with E-state index in [0.717, 1.165) is 16.0 Å². The third-order valence-electron chi connectivity index (χ3n) is 4.25. The molecular formula is C19H18ClN3S. The smallest absolute Gasteiger partial charge is 0.192 e. The molecule has 0 amide bonds. The number of rotatable bonds is 5. The molecule has 24 heavy (non-hydrogen) atoms. The fraction of sp³-hybridized carbons (Fsp3) is 0.263. The highest BCUT2D eigenvalue weighted by Gasteiger charge is 2.30. The summed E-state index contributed by atoms with van der Waals surface area (Å²) in [6.07, 6.45) is 2.45. The van der Waals surface area contributed by atoms with Gasteiger partial charge in [0.25, 0.3) is 0 Å². The molecule has 0 N–H and O–H groups in total. The van der Waals surface area contributed by atoms with Gasteiger partial charge in [-0.15, -0.1) is 10.2 Å². The van der Waals surface area contributed by atoms with Crippen molar-refractivity contribution in [3.05, 3.63) is 76.6 Å². The lowest BCUT2D eigenvalue weighted by Gasteiger charge is -2.18. The van der Waals surface area contributed by atoms with Crippen LogP contribution in [-0.4, -0.2) is 14.8 Å². The molecular weight excluding hydrogens is 338 g/mol. The molecule has 0 aliphatic heterocycles. The van der Waals surface area contributed by atoms with Gasteiger partial charge in [-0.25, -0.2) is 0 Å². The van der Waals surface area contributed by atoms with Crippen molar-refractivity contribution in [2.24, 2.45) is 0 Å². The molecule has 5 heteroatoms. The normalized spacial score (nSPS) is 15.4. The van der Waals surface area contributed by atoms with Crippen LogP contribution in [0.5, 0.6) is 0 Å². The Kier molecular flexibility index (Phi) is 4.33. The highest BCUT2D eigenvalue weighted by atomic mass is 35.5. The molecule has 122 valence electrons. The topological polar surface area (TPSA) is 30.7 Å². The lowest BCUT2D eigenvalue weighted by molar-refractivity contribution is 0.643. The van der Waals surface area contributed by atoms with Crippen LogP contribution in [0.15, 0.2) is 59.8 Å². The van der Waals surface area contributed by atoms with Crippen molar-refractivity contribution in [3.63, 3.8) is 0 Å². The standard InChI is InChI=1S/C19H18ClN3S/c1-13-21-22-19(23(13)17-11-12-17)24-18(14-5-3-2-4-6-14)15-7-9-16(20)10-8-15/h2-10,17-18H,11-12H2,1H3/t18-/m1/s1. The summed E-state index contributed by atoms with van der Waals surface area (Å²) >= 11 is 7.83. The van der Waals surface area contributed by atoms with Gasteiger partial charge in [-0.3, -0.25) is 0 Å². The zero-order chi connectivity index (χ0) is 16.5. The van der Waals surface area contributed by atoms with Gasteiger partial charge in [0.15, 0.2) is 5.16 Å². The van der Waals surface area contributed by atoms with Gasteiger partial charge in [0.05, 0.1) is 5.25 Å². The predicted octanol–water partition coefficient (Wildman–Crippen LogP) is 5.46. The molecule has 0 unspecified atom stereocenters. The Hall–Kier alpha value is -1.78. The first-order valence-corrected chi connectivity index (χ1v) is 9.36. The van der Waals surface area contributed by atoms with E-state index in [-0.39, 0.29) is 5.25 Å². The lowest BCUT2D eigenvalue weighted by Crippen LogP contribution is -2.03. The van der Waals surface area contributed by atoms with Gasteiger partial charge >= 0.3 is 0 Å². The van der Waals surface area contributed by atoms with Crippen LogP contribution < -0.4 is 0 Å². The fourth-order valence-electron chi connectivity index (χ4n) is 2.88. The lowest BCUT2D eigenvalue weighted by atomic mass is 10.0. The molecule has 2 aromatic carbocycles. The highest BCUT2D eigenvalue weighted by molar-refractivity contribution is 7.99. The minimum atomic E-state index is 0.171. The van der Waals surface area contributed by atoms with Crippen molar-refractivity contribution in [3.8, 4) is 0 Å². The molecule has 1 saturated carbocycles. The van der Waals surface area contributed by atoms with E-state index >= 15 is 0 Å². The van der Waals surface area contributed by atoms with E-state index in [9.17, 15) is 0 Å². The van der Waals surface area contributed by atoms with E-state index in [0.29, 0.717) is 6.04 Å². The summed E-state index contributed by atoms with van der Waals surface area (Å²) in [7, 11) is 0. The Bertz CT molecular complexity index is 826. The van der Waals surface area contributed by atoms with Crippen LogP contribution in [0.25, 0.3) is 0 Å². The number of aryl methyl sites for hydroxylation is 1. The van der Waals surface area contributed by atoms with E-state index in [1.807, 2.05) is 25.1 Å². The Balaban J connectivity index is 1.72. The third-order valence-corrected chi connectivity index (χ3v) is 5.77. The van der Waals surface area contributed by atoms with Crippen LogP contribution >= 0.6 is 23.4 Å². The fourth-order valence-corrected chi connectivity index (χ4v) is 4.29. The molecule has 3 nitrogen and oxygen atoms in total. The minimum Gasteiger partial charge on any atom is -0.303 e. The van der Waals surface area contributed by atoms with Crippen molar-refractivity contribution in [1.82, 2.24) is 14.8 Å². The molecule has 1 atom stereocenters. The number of hydrogen-bond acceptors (Lipinski definition) is 3. The Morgan fingerprint density at radius 2 is 1.67 bits per heavy atom. The summed E-state index contributed by atoms with van der Waals surface area (Å²) in [5.74, 6) is 1.00. The quantitative estimate of drug-likeness (QED) is 0.569. The average Bonchev–Trinajstić information content (AvgIpc) is 3.38. The zero-order valence-electron chi connectivity index (χ0n) is 13.4. The van der Waals surface area contributed by atoms with Crippen LogP contribution in [0.3, 0.4) is 0 Å². The first kappa shape index (κ1) is 15.7. The first-order valence-electron chi connectivity index (χ1n) is 8.11. The minimum absolute atomic E-state index is 0.171. The molecule has 1 aromatic heterocycles. The van der Waals surface area contributed by atoms with Crippen molar-refractivity contribution in [2.45, 2.75) is 36.2 Å². The Morgan fingerprint density at radius 3 is 2.33 bits per heavy atom. The maximum absolute atomic E-state index is 6.07. The number of benzene rings is 2. The number of hydrogen-bond donors (Lipinski definition) is 0. The molecule has 0 bridgehead atoms. The zero-order valence-corrected chi connectivity index (χ0v) is 15.0. The van der Waals surface area contributed by atoms with Gasteiger partial charge in [0.2, 0.25) is 0 Å². The summed E-state index contributed by atoms with van der Waals surface area (Å²) in [6, 6.07) is 19.2. The largest absolute Gasteiger partial charge is 0.303 e. The van der Waals surface area contributed by atoms with Crippen molar-refractivity contribution >= 4 is 23.4 Å². The summed E-state index contributed by atoms with van der Waals surface area (Å²) in [4.78, 5) is 0. The maximum atomic E-state index is 6.07. The van der Waals surface area contributed by atoms with Gasteiger partial charge in [0.1, 0.15) is 5.82 Å². The van der Waals surface area contributed by atoms with Crippen molar-refractivity contribution < 1.29 is 0 Å². The molecule has 1 aliphatic carbocycles. The molecule has 4 rings (SSSR count). The Morgan fingerprint density at radius 1 is 1.00 bits per heavy atom. The van der Waals surface area contributed by atoms with Crippen LogP contribution in [0.2, 0.25) is 5.02 Å². The van der Waals surface area contributed by atoms with Gasteiger partial charge in [-0.1, -0.05) is 65.8 Å². The number of thioether (sulfide) groups is 1. The van der Waals surface area contributed by atoms with Crippen LogP contribution in [0.1, 0.15) is 41.1 Å². The van der Waals surface area contributed by atoms with Gasteiger partial charge in [0, 0.05) is 11.1 Å². The van der Waals surface area contributed by atoms with Crippen LogP contribution in [0, 0.1) is 6.92 Å². The van der Waals surface area contributed by atoms with Gasteiger partial charge < -0.3 is 4.57 Å². The molecule has 0 spiro atoms. The van der Waals surface area contributed by atoms with E-state index in [1.54, 1.807) is 11.8 Å². The van der Waals surface area contributed by atoms with Crippen LogP contribution in [0.4, 0.5) is 0 Å². The molecule has 1 fully saturated rings. The number of nitrogens with zero attached hydrogens (tertiary/aromatic N) is 3. The van der Waals surface area contributed by atoms with Gasteiger partial charge in [-0.2, -0.15) is 0 Å². The molecule has 3 aromatic rings. The van der Waals surface area contributed by atoms with Crippen LogP contribution in [-0.2, 0) is 0 Å². The highest BCUT2D eigenvalue weighted by Crippen LogP contribution is 2.44. The van der Waals surface area contributed by atoms with Crippen molar-refractivity contribution in [2.75, 3.05) is 0 Å². The first-order chi connectivity index (χ1) is 11.7. The maximum Gasteiger partial charge on any atom is 0.192 e. The summed E-state index contributed by atoms with van der Waals surface area (Å²) in [5, 5.41) is 10.7. The van der Waals surface area contributed by atoms with E-state index < -0.39 is 0 Å². The third kappa shape index (κ3) is 3.21. The molecule has 0 saturated heterocycles. The Labute approximate surface area is 151 Å². The van der Waals surface area contributed by atoms with E-state index in [4.69, 9.17) is 11.6 Å². The van der Waals surface area contributed by atoms with Gasteiger partial charge in [-0.05, 0) is 43.0 Å². The second kappa shape index (κ2) is 6.61. The number of halogens is 1. The second-order valence-electron chi connectivity index (χ2n) is 6.09. The monoisotopic (exact) mass is 355 g/mol. The van der Waals surface area contributed by atoms with E-state index in [2.05, 4.69) is 51.2 Å². The summed E-state index contributed by atoms with van der Waals surface area (Å²) in [5.41, 5.74) is 2.48. The summed E-state index contributed by atoms with van der Waals surface area (Å²) in [6.45, 7) is 2.04. The number of aromatic nitrogens is 3. The molecule has 0 radical (unpaired) electrons. The SMILES string of the molecule is Cc1nnc(S[C@H](c2ccccc2)c2ccc(Cl)cc2)n1C1CC1. The summed E-state index contributed by atoms with van der Waals surface area (Å²) < 4.78 is 2.29. The van der Waals surface area contributed by atoms with Crippen molar-refractivity contribution in [1.29, 1.82) is 0 Å². The second-order valence-corrected chi connectivity index (χ2v) is 7.60. The average molecular weight is 356 g/mol.